The van der Waals surface area contributed by atoms with Crippen LogP contribution in [0.2, 0.25) is 0 Å². The van der Waals surface area contributed by atoms with Crippen LogP contribution < -0.4 is 16.6 Å². The van der Waals surface area contributed by atoms with Gasteiger partial charge in [-0.15, -0.1) is 0 Å². The summed E-state index contributed by atoms with van der Waals surface area (Å²) < 4.78 is 95.5. The van der Waals surface area contributed by atoms with Crippen molar-refractivity contribution in [3.63, 3.8) is 0 Å². The number of nitriles is 2. The molecule has 10 atom stereocenters. The van der Waals surface area contributed by atoms with Gasteiger partial charge in [-0.25, -0.2) is 33.1 Å². The second kappa shape index (κ2) is 17.7. The van der Waals surface area contributed by atoms with Gasteiger partial charge >= 0.3 is 20.2 Å². The monoisotopic (exact) mass is 865 g/mol. The molecule has 306 valence electrons. The van der Waals surface area contributed by atoms with Crippen LogP contribution in [0.3, 0.4) is 0 Å². The molecule has 0 saturated carbocycles. The van der Waals surface area contributed by atoms with Crippen LogP contribution >= 0.6 is 14.5 Å². The van der Waals surface area contributed by atoms with Crippen LogP contribution in [0.15, 0.2) is 64.8 Å². The van der Waals surface area contributed by atoms with Crippen molar-refractivity contribution in [3.05, 3.63) is 81.7 Å². The van der Waals surface area contributed by atoms with Gasteiger partial charge in [-0.05, 0) is 23.9 Å². The summed E-state index contributed by atoms with van der Waals surface area (Å²) in [5, 5.41) is 20.9. The van der Waals surface area contributed by atoms with Gasteiger partial charge in [0, 0.05) is 17.8 Å². The molecular formula is C32H31F2N9O12P2S. The van der Waals surface area contributed by atoms with Gasteiger partial charge in [-0.3, -0.25) is 41.8 Å². The number of halogens is 2. The molecule has 1 aromatic carbocycles. The highest BCUT2D eigenvalue weighted by atomic mass is 32.5. The lowest BCUT2D eigenvalue weighted by molar-refractivity contribution is -0.0670. The minimum absolute atomic E-state index is 0.000153. The molecule has 3 aliphatic rings. The number of carbonyl (C=O) groups is 1. The molecule has 7 rings (SSSR count). The fourth-order valence-electron chi connectivity index (χ4n) is 6.11. The number of hydrogen-bond acceptors (Lipinski definition) is 18. The van der Waals surface area contributed by atoms with E-state index in [0.29, 0.717) is 5.56 Å². The van der Waals surface area contributed by atoms with Gasteiger partial charge in [0.1, 0.15) is 30.7 Å². The van der Waals surface area contributed by atoms with Crippen LogP contribution in [-0.2, 0) is 53.0 Å². The van der Waals surface area contributed by atoms with Crippen molar-refractivity contribution in [1.29, 1.82) is 10.5 Å². The molecule has 21 nitrogen and oxygen atoms in total. The minimum atomic E-state index is -4.92. The number of hydrogen-bond donors (Lipinski definition) is 2. The van der Waals surface area contributed by atoms with E-state index in [1.165, 1.54) is 10.9 Å². The topological polar surface area (TPSA) is 266 Å². The quantitative estimate of drug-likeness (QED) is 0.171. The Morgan fingerprint density at radius 3 is 2.28 bits per heavy atom. The number of anilines is 1. The molecule has 0 aliphatic carbocycles. The SMILES string of the molecule is N#CCCOP1(=O)OC[C@H]2O[C@@H](n3ccc(=O)[nH]c3=O)[C@H](F)[C@@H]2OP(=S)(OCCC#N)OC[C@H]2O[C@@H](n3cnc4c(NC(=O)c5ccccc5)ncnc43)[C@H](F)[C@@H]2O1. The first-order valence-corrected chi connectivity index (χ1v) is 21.3. The number of rotatable bonds is 10. The van der Waals surface area contributed by atoms with Crippen LogP contribution in [0.5, 0.6) is 0 Å². The molecule has 58 heavy (non-hydrogen) atoms. The number of fused-ring (bicyclic) bond motifs is 3. The Labute approximate surface area is 330 Å². The summed E-state index contributed by atoms with van der Waals surface area (Å²) in [6.45, 7) is -6.55. The third kappa shape index (κ3) is 8.83. The number of phosphoric acid groups is 1. The third-order valence-electron chi connectivity index (χ3n) is 8.78. The van der Waals surface area contributed by atoms with Gasteiger partial charge in [0.05, 0.1) is 57.7 Å². The number of nitrogens with zero attached hydrogens (tertiary/aromatic N) is 7. The first kappa shape index (κ1) is 41.5. The summed E-state index contributed by atoms with van der Waals surface area (Å²) in [4.78, 5) is 51.8. The van der Waals surface area contributed by atoms with Gasteiger partial charge in [0.15, 0.2) is 41.8 Å². The number of carbonyl (C=O) groups excluding carboxylic acids is 1. The number of H-pyrrole nitrogens is 1. The minimum Gasteiger partial charge on any atom is -0.346 e. The fraction of sp³-hybridized carbons (Fsp3) is 0.438. The molecule has 6 heterocycles. The normalized spacial score (nSPS) is 31.2. The van der Waals surface area contributed by atoms with Crippen molar-refractivity contribution in [2.75, 3.05) is 31.7 Å². The summed E-state index contributed by atoms with van der Waals surface area (Å²) >= 11 is 5.62. The van der Waals surface area contributed by atoms with Crippen LogP contribution in [0.4, 0.5) is 14.6 Å². The number of aromatic nitrogens is 6. The van der Waals surface area contributed by atoms with Crippen molar-refractivity contribution < 1.29 is 54.8 Å². The maximum Gasteiger partial charge on any atom is 0.475 e. The van der Waals surface area contributed by atoms with E-state index < -0.39 is 101 Å². The summed E-state index contributed by atoms with van der Waals surface area (Å²) in [6, 6.07) is 12.9. The van der Waals surface area contributed by atoms with Crippen molar-refractivity contribution in [2.24, 2.45) is 0 Å². The molecule has 0 spiro atoms. The molecule has 26 heteroatoms. The maximum absolute atomic E-state index is 16.8. The first-order valence-electron chi connectivity index (χ1n) is 17.3. The van der Waals surface area contributed by atoms with Crippen molar-refractivity contribution in [3.8, 4) is 12.1 Å². The van der Waals surface area contributed by atoms with E-state index in [-0.39, 0.29) is 36.4 Å². The van der Waals surface area contributed by atoms with Crippen molar-refractivity contribution in [2.45, 2.75) is 62.1 Å². The maximum atomic E-state index is 16.8. The molecule has 3 aliphatic heterocycles. The summed E-state index contributed by atoms with van der Waals surface area (Å²) in [5.41, 5.74) is -1.40. The predicted octanol–water partition coefficient (Wildman–Crippen LogP) is 3.11. The average molecular weight is 866 g/mol. The van der Waals surface area contributed by atoms with Crippen LogP contribution in [0.1, 0.15) is 35.7 Å². The molecule has 0 radical (unpaired) electrons. The fourth-order valence-corrected chi connectivity index (χ4v) is 9.60. The highest BCUT2D eigenvalue weighted by Gasteiger charge is 2.55. The zero-order valence-electron chi connectivity index (χ0n) is 29.6. The van der Waals surface area contributed by atoms with Crippen molar-refractivity contribution >= 4 is 49.2 Å². The smallest absolute Gasteiger partial charge is 0.346 e. The van der Waals surface area contributed by atoms with E-state index in [1.807, 2.05) is 11.1 Å². The van der Waals surface area contributed by atoms with E-state index in [4.69, 9.17) is 58.9 Å². The zero-order chi connectivity index (χ0) is 41.0. The highest BCUT2D eigenvalue weighted by Crippen LogP contribution is 2.58. The van der Waals surface area contributed by atoms with Gasteiger partial charge in [-0.1, -0.05) is 18.2 Å². The molecular weight excluding hydrogens is 834 g/mol. The van der Waals surface area contributed by atoms with E-state index in [0.717, 1.165) is 23.2 Å². The average Bonchev–Trinajstić information content (AvgIpc) is 3.86. The lowest BCUT2D eigenvalue weighted by atomic mass is 10.1. The molecule has 3 aromatic heterocycles. The van der Waals surface area contributed by atoms with Gasteiger partial charge in [0.2, 0.25) is 0 Å². The Balaban J connectivity index is 1.21. The van der Waals surface area contributed by atoms with Crippen LogP contribution in [-0.4, -0.2) is 98.2 Å². The number of nitrogens with one attached hydrogen (secondary N) is 2. The number of ether oxygens (including phenoxy) is 2. The number of aromatic amines is 1. The molecule has 3 fully saturated rings. The van der Waals surface area contributed by atoms with Gasteiger partial charge < -0.3 is 23.8 Å². The third-order valence-corrected chi connectivity index (χ3v) is 12.6. The van der Waals surface area contributed by atoms with Crippen molar-refractivity contribution in [1.82, 2.24) is 29.1 Å². The number of phosphoric ester groups is 1. The second-order valence-electron chi connectivity index (χ2n) is 12.5. The van der Waals surface area contributed by atoms with E-state index in [9.17, 15) is 18.9 Å². The number of amides is 1. The van der Waals surface area contributed by atoms with Gasteiger partial charge in [-0.2, -0.15) is 10.5 Å². The number of imidazole rings is 1. The largest absolute Gasteiger partial charge is 0.475 e. The Morgan fingerprint density at radius 2 is 1.59 bits per heavy atom. The zero-order valence-corrected chi connectivity index (χ0v) is 32.3. The Bertz CT molecular complexity index is 2450. The van der Waals surface area contributed by atoms with E-state index in [2.05, 4.69) is 20.3 Å². The number of benzene rings is 1. The van der Waals surface area contributed by atoms with E-state index >= 15 is 8.78 Å². The van der Waals surface area contributed by atoms with Crippen LogP contribution in [0, 0.1) is 22.7 Å². The summed E-state index contributed by atoms with van der Waals surface area (Å²) in [7, 11) is -4.92. The number of alkyl halides is 2. The molecule has 1 amide bonds. The van der Waals surface area contributed by atoms with E-state index in [1.54, 1.807) is 36.4 Å². The Kier molecular flexibility index (Phi) is 12.6. The lowest BCUT2D eigenvalue weighted by Crippen LogP contribution is -2.38. The molecule has 2 unspecified atom stereocenters. The summed E-state index contributed by atoms with van der Waals surface area (Å²) in [6.07, 6.45) is -11.7. The lowest BCUT2D eigenvalue weighted by Gasteiger charge is -2.31. The predicted molar refractivity (Wildman–Crippen MR) is 195 cm³/mol. The second-order valence-corrected chi connectivity index (χ2v) is 17.1. The Hall–Kier alpha value is -4.68. The van der Waals surface area contributed by atoms with Crippen LogP contribution in [0.25, 0.3) is 11.2 Å². The molecule has 2 N–H and O–H groups in total. The first-order chi connectivity index (χ1) is 27.9. The molecule has 0 bridgehead atoms. The standard InChI is InChI=1S/C32H31F2N9O12P2S/c33-22-25-20(53-31(22)43-17-39-24-27(37-16-38-28(24)43)41-29(45)18-6-2-1-3-7-18)15-51-57(58,49-13-5-10-36)55-26-19(14-50-56(47,54-25)48-12-4-9-35)52-30(23(26)34)42-11-8-21(44)40-32(42)46/h1-3,6-8,11,16-17,19-20,22-23,25-26,30-31H,4-5,12-15H2,(H,40,44,46)(H,37,38,41,45)/t19-,20-,22-,23-,25-,26-,30-,31-,56?,57?/m1/s1. The summed E-state index contributed by atoms with van der Waals surface area (Å²) in [5.74, 6) is -0.505. The highest BCUT2D eigenvalue weighted by molar-refractivity contribution is 8.07. The molecule has 4 aromatic rings. The van der Waals surface area contributed by atoms with Gasteiger partial charge in [0.25, 0.3) is 11.5 Å². The molecule has 3 saturated heterocycles. The Morgan fingerprint density at radius 1 is 0.931 bits per heavy atom.